The van der Waals surface area contributed by atoms with Gasteiger partial charge in [0.05, 0.1) is 17.9 Å². The van der Waals surface area contributed by atoms with Crippen molar-refractivity contribution >= 4 is 23.3 Å². The van der Waals surface area contributed by atoms with Gasteiger partial charge in [-0.1, -0.05) is 18.1 Å². The number of imidazole rings is 1. The molecule has 0 bridgehead atoms. The summed E-state index contributed by atoms with van der Waals surface area (Å²) in [4.78, 5) is 36.2. The number of hydrogen-bond acceptors (Lipinski definition) is 6. The summed E-state index contributed by atoms with van der Waals surface area (Å²) in [6.07, 6.45) is 10.1. The molecule has 3 heterocycles. The number of rotatable bonds is 5. The monoisotopic (exact) mass is 509 g/mol. The molecule has 1 aromatic carbocycles. The molecule has 1 saturated heterocycles. The first-order chi connectivity index (χ1) is 17.2. The van der Waals surface area contributed by atoms with Crippen LogP contribution in [0, 0.1) is 18.2 Å². The number of nitrogens with zero attached hydrogens (tertiary/aromatic N) is 4. The fourth-order valence-electron chi connectivity index (χ4n) is 4.34. The fraction of sp³-hybridized carbons (Fsp3) is 0.385. The van der Waals surface area contributed by atoms with Gasteiger partial charge < -0.3 is 14.6 Å². The number of thiazole rings is 1. The third-order valence-corrected chi connectivity index (χ3v) is 6.90. The van der Waals surface area contributed by atoms with E-state index in [9.17, 15) is 14.0 Å². The van der Waals surface area contributed by atoms with Crippen LogP contribution >= 0.6 is 11.3 Å². The molecular formula is C26H28FN5O3S. The van der Waals surface area contributed by atoms with Gasteiger partial charge in [-0.15, -0.1) is 17.8 Å². The summed E-state index contributed by atoms with van der Waals surface area (Å²) in [5.74, 6) is 1.34. The van der Waals surface area contributed by atoms with Crippen LogP contribution in [0.15, 0.2) is 48.4 Å². The Morgan fingerprint density at radius 2 is 2.03 bits per heavy atom. The van der Waals surface area contributed by atoms with Crippen LogP contribution in [-0.2, 0) is 4.74 Å². The zero-order valence-electron chi connectivity index (χ0n) is 20.3. The summed E-state index contributed by atoms with van der Waals surface area (Å²) in [6.45, 7) is 5.86. The lowest BCUT2D eigenvalue weighted by Gasteiger charge is -2.44. The van der Waals surface area contributed by atoms with Gasteiger partial charge in [0.15, 0.2) is 0 Å². The molecule has 3 atom stereocenters. The van der Waals surface area contributed by atoms with Gasteiger partial charge in [0.25, 0.3) is 5.91 Å². The van der Waals surface area contributed by atoms with Gasteiger partial charge >= 0.3 is 6.09 Å². The van der Waals surface area contributed by atoms with Crippen molar-refractivity contribution in [2.24, 2.45) is 0 Å². The number of carbonyl (C=O) groups excluding carboxylic acids is 2. The molecule has 0 aliphatic carbocycles. The molecule has 3 unspecified atom stereocenters. The lowest BCUT2D eigenvalue weighted by atomic mass is 9.79. The van der Waals surface area contributed by atoms with E-state index < -0.39 is 11.7 Å². The molecule has 2 aromatic heterocycles. The smallest absolute Gasteiger partial charge is 0.411 e. The van der Waals surface area contributed by atoms with Crippen molar-refractivity contribution in [2.75, 3.05) is 13.1 Å². The Bertz CT molecular complexity index is 1240. The van der Waals surface area contributed by atoms with Gasteiger partial charge in [-0.3, -0.25) is 9.69 Å². The standard InChI is InChI=1S/C26H28FN5O3S/c1-5-10-29-23(33)21-15-36-24(30-21)20-14-32(25(34)35-26(2,3)4)22(31-12-11-28-16-31)13-19(20)17-6-8-18(27)9-7-17/h1,6-9,11-12,15-16,19-20,22H,10,13-14H2,2-4H3,(H,29,33). The molecule has 4 rings (SSSR count). The van der Waals surface area contributed by atoms with Crippen molar-refractivity contribution in [3.63, 3.8) is 0 Å². The van der Waals surface area contributed by atoms with Crippen LogP contribution in [0.3, 0.4) is 0 Å². The molecule has 0 radical (unpaired) electrons. The minimum absolute atomic E-state index is 0.104. The Kier molecular flexibility index (Phi) is 7.40. The largest absolute Gasteiger partial charge is 0.444 e. The Labute approximate surface area is 213 Å². The quantitative estimate of drug-likeness (QED) is 0.510. The van der Waals surface area contributed by atoms with Crippen LogP contribution in [0.4, 0.5) is 9.18 Å². The number of terminal acetylenes is 1. The molecule has 188 valence electrons. The van der Waals surface area contributed by atoms with Gasteiger partial charge in [0, 0.05) is 30.2 Å². The van der Waals surface area contributed by atoms with Crippen molar-refractivity contribution in [1.29, 1.82) is 0 Å². The molecule has 3 aromatic rings. The highest BCUT2D eigenvalue weighted by molar-refractivity contribution is 7.10. The predicted molar refractivity (Wildman–Crippen MR) is 134 cm³/mol. The molecule has 0 saturated carbocycles. The summed E-state index contributed by atoms with van der Waals surface area (Å²) in [5, 5.41) is 5.01. The second-order valence-electron chi connectivity index (χ2n) is 9.58. The molecule has 2 amide bonds. The number of carbonyl (C=O) groups is 2. The summed E-state index contributed by atoms with van der Waals surface area (Å²) >= 11 is 1.35. The Morgan fingerprint density at radius 1 is 1.28 bits per heavy atom. The first-order valence-electron chi connectivity index (χ1n) is 11.6. The topological polar surface area (TPSA) is 89.4 Å². The van der Waals surface area contributed by atoms with Gasteiger partial charge in [0.2, 0.25) is 0 Å². The average molecular weight is 510 g/mol. The first-order valence-corrected chi connectivity index (χ1v) is 12.4. The summed E-state index contributed by atoms with van der Waals surface area (Å²) in [6, 6.07) is 6.38. The number of ether oxygens (including phenoxy) is 1. The maximum Gasteiger partial charge on any atom is 0.411 e. The maximum atomic E-state index is 13.7. The van der Waals surface area contributed by atoms with Crippen LogP contribution in [0.5, 0.6) is 0 Å². The number of piperidine rings is 1. The fourth-order valence-corrected chi connectivity index (χ4v) is 5.29. The maximum absolute atomic E-state index is 13.7. The van der Waals surface area contributed by atoms with E-state index in [1.165, 1.54) is 23.5 Å². The molecule has 1 fully saturated rings. The highest BCUT2D eigenvalue weighted by Gasteiger charge is 2.42. The van der Waals surface area contributed by atoms with Crippen LogP contribution in [0.25, 0.3) is 0 Å². The van der Waals surface area contributed by atoms with E-state index in [4.69, 9.17) is 11.2 Å². The zero-order valence-corrected chi connectivity index (χ0v) is 21.2. The molecule has 1 aliphatic heterocycles. The van der Waals surface area contributed by atoms with Gasteiger partial charge in [0.1, 0.15) is 23.3 Å². The number of amides is 2. The number of benzene rings is 1. The number of aromatic nitrogens is 3. The molecular weight excluding hydrogens is 481 g/mol. The minimum atomic E-state index is -0.677. The van der Waals surface area contributed by atoms with Gasteiger partial charge in [-0.05, 0) is 50.8 Å². The van der Waals surface area contributed by atoms with E-state index in [2.05, 4.69) is 21.2 Å². The average Bonchev–Trinajstić information content (AvgIpc) is 3.54. The molecule has 1 aliphatic rings. The Hall–Kier alpha value is -3.71. The van der Waals surface area contributed by atoms with Crippen molar-refractivity contribution in [1.82, 2.24) is 24.8 Å². The third-order valence-electron chi connectivity index (χ3n) is 5.92. The lowest BCUT2D eigenvalue weighted by Crippen LogP contribution is -2.48. The summed E-state index contributed by atoms with van der Waals surface area (Å²) < 4.78 is 21.4. The van der Waals surface area contributed by atoms with Crippen molar-refractivity contribution in [3.05, 3.63) is 70.4 Å². The van der Waals surface area contributed by atoms with E-state index in [1.54, 1.807) is 41.1 Å². The van der Waals surface area contributed by atoms with Crippen LogP contribution in [0.2, 0.25) is 0 Å². The number of nitrogens with one attached hydrogen (secondary N) is 1. The minimum Gasteiger partial charge on any atom is -0.444 e. The van der Waals surface area contributed by atoms with Crippen LogP contribution in [0.1, 0.15) is 66.3 Å². The van der Waals surface area contributed by atoms with E-state index >= 15 is 0 Å². The van der Waals surface area contributed by atoms with E-state index in [0.29, 0.717) is 18.0 Å². The summed E-state index contributed by atoms with van der Waals surface area (Å²) in [7, 11) is 0. The van der Waals surface area contributed by atoms with E-state index in [-0.39, 0.29) is 42.0 Å². The van der Waals surface area contributed by atoms with Crippen molar-refractivity contribution in [2.45, 2.75) is 50.8 Å². The predicted octanol–water partition coefficient (Wildman–Crippen LogP) is 4.55. The van der Waals surface area contributed by atoms with Crippen molar-refractivity contribution < 1.29 is 18.7 Å². The third kappa shape index (κ3) is 5.74. The summed E-state index contributed by atoms with van der Waals surface area (Å²) in [5.41, 5.74) is 0.510. The SMILES string of the molecule is C#CCNC(=O)c1csc(C2CN(C(=O)OC(C)(C)C)C(n3ccnc3)CC2c2ccc(F)cc2)n1. The lowest BCUT2D eigenvalue weighted by molar-refractivity contribution is -0.00751. The van der Waals surface area contributed by atoms with E-state index in [1.807, 2.05) is 25.3 Å². The second kappa shape index (κ2) is 10.5. The molecule has 36 heavy (non-hydrogen) atoms. The van der Waals surface area contributed by atoms with Gasteiger partial charge in [-0.2, -0.15) is 0 Å². The Morgan fingerprint density at radius 3 is 2.67 bits per heavy atom. The van der Waals surface area contributed by atoms with Crippen LogP contribution in [-0.4, -0.2) is 50.1 Å². The highest BCUT2D eigenvalue weighted by Crippen LogP contribution is 2.46. The first kappa shape index (κ1) is 25.4. The number of halogens is 1. The normalized spacial score (nSPS) is 20.0. The van der Waals surface area contributed by atoms with E-state index in [0.717, 1.165) is 5.56 Å². The zero-order chi connectivity index (χ0) is 25.9. The highest BCUT2D eigenvalue weighted by atomic mass is 32.1. The number of likely N-dealkylation sites (tertiary alicyclic amines) is 1. The van der Waals surface area contributed by atoms with Crippen LogP contribution < -0.4 is 5.32 Å². The van der Waals surface area contributed by atoms with Gasteiger partial charge in [-0.25, -0.2) is 19.2 Å². The molecule has 10 heteroatoms. The molecule has 8 nitrogen and oxygen atoms in total. The second-order valence-corrected chi connectivity index (χ2v) is 10.5. The number of hydrogen-bond donors (Lipinski definition) is 1. The van der Waals surface area contributed by atoms with Crippen molar-refractivity contribution in [3.8, 4) is 12.3 Å². The molecule has 0 spiro atoms. The molecule has 1 N–H and O–H groups in total. The Balaban J connectivity index is 1.73.